The predicted molar refractivity (Wildman–Crippen MR) is 90.4 cm³/mol. The molecule has 6 nitrogen and oxygen atoms in total. The van der Waals surface area contributed by atoms with E-state index in [9.17, 15) is 14.4 Å². The molecule has 136 valence electrons. The van der Waals surface area contributed by atoms with E-state index in [4.69, 9.17) is 14.2 Å². The zero-order valence-corrected chi connectivity index (χ0v) is 15.0. The van der Waals surface area contributed by atoms with Gasteiger partial charge in [0.1, 0.15) is 18.3 Å². The molecule has 0 aromatic carbocycles. The number of rotatable bonds is 2. The molecule has 0 aromatic rings. The lowest BCUT2D eigenvalue weighted by Gasteiger charge is -2.27. The summed E-state index contributed by atoms with van der Waals surface area (Å²) in [5, 5.41) is 0. The molecule has 0 saturated carbocycles. The van der Waals surface area contributed by atoms with Crippen LogP contribution in [0.4, 0.5) is 0 Å². The summed E-state index contributed by atoms with van der Waals surface area (Å²) in [4.78, 5) is 34.9. The molecule has 4 atom stereocenters. The standard InChI is InChI=1S/C19H24O6/c1-10-6-15(23-13(4)20)7-11(2)9-17-18(12(3)19(22)25-17)16(8-10)24-14(5)21/h6,9,15-18H,3,7-8H2,1-2,4-5H3/b10-6+,11-9+/t15-,16-,17-,18-/m1/s1. The van der Waals surface area contributed by atoms with E-state index in [0.717, 1.165) is 11.1 Å². The molecule has 1 aliphatic carbocycles. The normalized spacial score (nSPS) is 33.9. The average molecular weight is 348 g/mol. The second-order valence-corrected chi connectivity index (χ2v) is 6.65. The van der Waals surface area contributed by atoms with Crippen LogP contribution in [0.15, 0.2) is 35.5 Å². The number of fused-ring (bicyclic) bond motifs is 1. The minimum atomic E-state index is -0.571. The van der Waals surface area contributed by atoms with Crippen molar-refractivity contribution in [3.63, 3.8) is 0 Å². The molecule has 1 saturated heterocycles. The van der Waals surface area contributed by atoms with Gasteiger partial charge in [0.2, 0.25) is 0 Å². The van der Waals surface area contributed by atoms with E-state index in [1.165, 1.54) is 13.8 Å². The quantitative estimate of drug-likeness (QED) is 0.330. The van der Waals surface area contributed by atoms with Crippen molar-refractivity contribution in [2.24, 2.45) is 5.92 Å². The topological polar surface area (TPSA) is 78.9 Å². The molecule has 0 bridgehead atoms. The summed E-state index contributed by atoms with van der Waals surface area (Å²) >= 11 is 0. The number of esters is 3. The van der Waals surface area contributed by atoms with Gasteiger partial charge in [0.25, 0.3) is 0 Å². The molecule has 6 heteroatoms. The van der Waals surface area contributed by atoms with Gasteiger partial charge in [-0.2, -0.15) is 0 Å². The maximum atomic E-state index is 12.0. The molecule has 1 heterocycles. The Morgan fingerprint density at radius 3 is 2.28 bits per heavy atom. The zero-order valence-electron chi connectivity index (χ0n) is 15.0. The maximum Gasteiger partial charge on any atom is 0.334 e. The molecular formula is C19H24O6. The van der Waals surface area contributed by atoms with E-state index in [-0.39, 0.29) is 5.97 Å². The van der Waals surface area contributed by atoms with Crippen LogP contribution in [0.3, 0.4) is 0 Å². The van der Waals surface area contributed by atoms with Gasteiger partial charge in [-0.3, -0.25) is 9.59 Å². The second kappa shape index (κ2) is 7.68. The number of hydrogen-bond donors (Lipinski definition) is 0. The number of ether oxygens (including phenoxy) is 3. The Morgan fingerprint density at radius 2 is 1.68 bits per heavy atom. The van der Waals surface area contributed by atoms with Crippen LogP contribution in [0, 0.1) is 5.92 Å². The third-order valence-corrected chi connectivity index (χ3v) is 4.26. The number of hydrogen-bond acceptors (Lipinski definition) is 6. The van der Waals surface area contributed by atoms with E-state index in [1.54, 1.807) is 0 Å². The molecule has 0 amide bonds. The Kier molecular flexibility index (Phi) is 5.82. The summed E-state index contributed by atoms with van der Waals surface area (Å²) < 4.78 is 16.2. The highest BCUT2D eigenvalue weighted by molar-refractivity contribution is 5.91. The molecule has 0 radical (unpaired) electrons. The third-order valence-electron chi connectivity index (χ3n) is 4.26. The largest absolute Gasteiger partial charge is 0.461 e. The Labute approximate surface area is 147 Å². The lowest BCUT2D eigenvalue weighted by Crippen LogP contribution is -2.33. The van der Waals surface area contributed by atoms with Gasteiger partial charge in [0.15, 0.2) is 0 Å². The molecule has 25 heavy (non-hydrogen) atoms. The van der Waals surface area contributed by atoms with Crippen LogP contribution < -0.4 is 0 Å². The molecule has 0 unspecified atom stereocenters. The van der Waals surface area contributed by atoms with Gasteiger partial charge in [-0.1, -0.05) is 17.7 Å². The summed E-state index contributed by atoms with van der Waals surface area (Å²) in [6, 6.07) is 0. The second-order valence-electron chi connectivity index (χ2n) is 6.65. The maximum absolute atomic E-state index is 12.0. The van der Waals surface area contributed by atoms with Gasteiger partial charge in [0.05, 0.1) is 5.92 Å². The van der Waals surface area contributed by atoms with E-state index in [0.29, 0.717) is 18.4 Å². The SMILES string of the molecule is C=C1C(=O)O[C@@H]2/C=C(\C)C[C@H](OC(C)=O)/C=C(\C)C[C@@H](OC(C)=O)[C@@H]12. The Bertz CT molecular complexity index is 657. The minimum absolute atomic E-state index is 0.310. The first-order valence-electron chi connectivity index (χ1n) is 8.26. The molecule has 0 spiro atoms. The smallest absolute Gasteiger partial charge is 0.334 e. The molecule has 0 aromatic heterocycles. The summed E-state index contributed by atoms with van der Waals surface area (Å²) in [5.41, 5.74) is 2.12. The summed E-state index contributed by atoms with van der Waals surface area (Å²) in [5.74, 6) is -1.71. The first kappa shape index (κ1) is 19.0. The molecule has 1 fully saturated rings. The van der Waals surface area contributed by atoms with Crippen LogP contribution in [0.2, 0.25) is 0 Å². The fourth-order valence-corrected chi connectivity index (χ4v) is 3.35. The molecule has 1 aliphatic heterocycles. The Morgan fingerprint density at radius 1 is 1.08 bits per heavy atom. The van der Waals surface area contributed by atoms with E-state index in [1.807, 2.05) is 26.0 Å². The van der Waals surface area contributed by atoms with E-state index >= 15 is 0 Å². The van der Waals surface area contributed by atoms with Crippen LogP contribution in [-0.4, -0.2) is 36.2 Å². The average Bonchev–Trinajstić information content (AvgIpc) is 2.70. The van der Waals surface area contributed by atoms with Gasteiger partial charge in [-0.05, 0) is 26.0 Å². The fraction of sp³-hybridized carbons (Fsp3) is 0.526. The lowest BCUT2D eigenvalue weighted by atomic mass is 9.85. The fourth-order valence-electron chi connectivity index (χ4n) is 3.35. The Balaban J connectivity index is 2.42. The van der Waals surface area contributed by atoms with Crippen LogP contribution in [0.1, 0.15) is 40.5 Å². The number of carbonyl (C=O) groups is 3. The monoisotopic (exact) mass is 348 g/mol. The molecule has 2 rings (SSSR count). The predicted octanol–water partition coefficient (Wildman–Crippen LogP) is 2.63. The number of carbonyl (C=O) groups excluding carboxylic acids is 3. The highest BCUT2D eigenvalue weighted by Crippen LogP contribution is 2.36. The van der Waals surface area contributed by atoms with Crippen molar-refractivity contribution in [3.8, 4) is 0 Å². The highest BCUT2D eigenvalue weighted by atomic mass is 16.6. The Hall–Kier alpha value is -2.37. The highest BCUT2D eigenvalue weighted by Gasteiger charge is 2.44. The van der Waals surface area contributed by atoms with Crippen molar-refractivity contribution in [3.05, 3.63) is 35.5 Å². The van der Waals surface area contributed by atoms with E-state index in [2.05, 4.69) is 6.58 Å². The van der Waals surface area contributed by atoms with E-state index < -0.39 is 36.2 Å². The van der Waals surface area contributed by atoms with Crippen molar-refractivity contribution >= 4 is 17.9 Å². The molecular weight excluding hydrogens is 324 g/mol. The van der Waals surface area contributed by atoms with Crippen molar-refractivity contribution < 1.29 is 28.6 Å². The van der Waals surface area contributed by atoms with Gasteiger partial charge in [0, 0.05) is 32.3 Å². The van der Waals surface area contributed by atoms with Gasteiger partial charge in [-0.25, -0.2) is 4.79 Å². The summed E-state index contributed by atoms with van der Waals surface area (Å²) in [7, 11) is 0. The van der Waals surface area contributed by atoms with Gasteiger partial charge < -0.3 is 14.2 Å². The van der Waals surface area contributed by atoms with Crippen LogP contribution in [-0.2, 0) is 28.6 Å². The molecule has 0 N–H and O–H groups in total. The summed E-state index contributed by atoms with van der Waals surface area (Å²) in [6.45, 7) is 10.3. The molecule has 2 aliphatic rings. The van der Waals surface area contributed by atoms with Gasteiger partial charge >= 0.3 is 17.9 Å². The zero-order chi connectivity index (χ0) is 18.7. The van der Waals surface area contributed by atoms with Crippen molar-refractivity contribution in [1.29, 1.82) is 0 Å². The van der Waals surface area contributed by atoms with Crippen LogP contribution in [0.5, 0.6) is 0 Å². The lowest BCUT2D eigenvalue weighted by molar-refractivity contribution is -0.149. The van der Waals surface area contributed by atoms with Crippen LogP contribution >= 0.6 is 0 Å². The van der Waals surface area contributed by atoms with Gasteiger partial charge in [-0.15, -0.1) is 0 Å². The third kappa shape index (κ3) is 4.81. The minimum Gasteiger partial charge on any atom is -0.461 e. The first-order valence-corrected chi connectivity index (χ1v) is 8.26. The van der Waals surface area contributed by atoms with Crippen molar-refractivity contribution in [2.75, 3.05) is 0 Å². The van der Waals surface area contributed by atoms with Crippen molar-refractivity contribution in [2.45, 2.75) is 58.8 Å². The van der Waals surface area contributed by atoms with Crippen molar-refractivity contribution in [1.82, 2.24) is 0 Å². The summed E-state index contributed by atoms with van der Waals surface area (Å²) in [6.07, 6.45) is 3.05. The first-order chi connectivity index (χ1) is 11.7. The van der Waals surface area contributed by atoms with Crippen LogP contribution in [0.25, 0.3) is 0 Å².